The van der Waals surface area contributed by atoms with Crippen molar-refractivity contribution in [3.05, 3.63) is 34.1 Å². The maximum Gasteiger partial charge on any atom is 0.137 e. The highest BCUT2D eigenvalue weighted by atomic mass is 79.9. The van der Waals surface area contributed by atoms with E-state index in [1.165, 1.54) is 6.07 Å². The molecule has 1 heterocycles. The van der Waals surface area contributed by atoms with Crippen LogP contribution >= 0.6 is 15.9 Å². The van der Waals surface area contributed by atoms with Crippen LogP contribution in [0.2, 0.25) is 0 Å². The van der Waals surface area contributed by atoms with Crippen molar-refractivity contribution in [1.82, 2.24) is 5.32 Å². The molecular formula is C15H21BrFNO. The molecule has 0 bridgehead atoms. The minimum atomic E-state index is -0.188. The number of hydrogen-bond donors (Lipinski definition) is 1. The van der Waals surface area contributed by atoms with Gasteiger partial charge >= 0.3 is 0 Å². The van der Waals surface area contributed by atoms with Gasteiger partial charge in [-0.3, -0.25) is 0 Å². The summed E-state index contributed by atoms with van der Waals surface area (Å²) in [6, 6.07) is 5.48. The third-order valence-corrected chi connectivity index (χ3v) is 4.55. The lowest BCUT2D eigenvalue weighted by atomic mass is 9.89. The van der Waals surface area contributed by atoms with Gasteiger partial charge in [-0.25, -0.2) is 4.39 Å². The van der Waals surface area contributed by atoms with E-state index < -0.39 is 0 Å². The van der Waals surface area contributed by atoms with Crippen LogP contribution in [-0.4, -0.2) is 19.8 Å². The second-order valence-corrected chi connectivity index (χ2v) is 5.84. The Morgan fingerprint density at radius 3 is 2.84 bits per heavy atom. The molecule has 1 aliphatic rings. The Morgan fingerprint density at radius 2 is 2.16 bits per heavy atom. The van der Waals surface area contributed by atoms with Crippen molar-refractivity contribution in [2.24, 2.45) is 5.92 Å². The van der Waals surface area contributed by atoms with Crippen LogP contribution in [0, 0.1) is 11.7 Å². The number of halogens is 2. The maximum atomic E-state index is 13.7. The minimum absolute atomic E-state index is 0.188. The van der Waals surface area contributed by atoms with Gasteiger partial charge in [-0.1, -0.05) is 19.1 Å². The first-order valence-electron chi connectivity index (χ1n) is 6.97. The van der Waals surface area contributed by atoms with E-state index in [0.29, 0.717) is 10.4 Å². The lowest BCUT2D eigenvalue weighted by molar-refractivity contribution is 0.0605. The molecule has 1 aliphatic heterocycles. The van der Waals surface area contributed by atoms with Gasteiger partial charge in [-0.05, 0) is 59.3 Å². The van der Waals surface area contributed by atoms with Gasteiger partial charge in [0.2, 0.25) is 0 Å². The SMILES string of the molecule is CCNC(CC1CCOCC1)c1cccc(F)c1Br. The summed E-state index contributed by atoms with van der Waals surface area (Å²) in [6.45, 7) is 4.68. The molecule has 2 rings (SSSR count). The summed E-state index contributed by atoms with van der Waals surface area (Å²) in [4.78, 5) is 0. The molecule has 1 saturated heterocycles. The molecule has 1 aromatic rings. The topological polar surface area (TPSA) is 21.3 Å². The average molecular weight is 330 g/mol. The first-order chi connectivity index (χ1) is 9.22. The standard InChI is InChI=1S/C15H21BrFNO/c1-2-18-14(10-11-6-8-19-9-7-11)12-4-3-5-13(17)15(12)16/h3-5,11,14,18H,2,6-10H2,1H3. The van der Waals surface area contributed by atoms with Gasteiger partial charge in [0.1, 0.15) is 5.82 Å². The predicted molar refractivity (Wildman–Crippen MR) is 78.7 cm³/mol. The van der Waals surface area contributed by atoms with E-state index in [-0.39, 0.29) is 11.9 Å². The largest absolute Gasteiger partial charge is 0.381 e. The van der Waals surface area contributed by atoms with E-state index in [9.17, 15) is 4.39 Å². The smallest absolute Gasteiger partial charge is 0.137 e. The van der Waals surface area contributed by atoms with Gasteiger partial charge in [-0.15, -0.1) is 0 Å². The number of nitrogens with one attached hydrogen (secondary N) is 1. The Hall–Kier alpha value is -0.450. The molecule has 0 radical (unpaired) electrons. The predicted octanol–water partition coefficient (Wildman–Crippen LogP) is 4.06. The van der Waals surface area contributed by atoms with E-state index in [0.717, 1.165) is 44.6 Å². The summed E-state index contributed by atoms with van der Waals surface area (Å²) in [6.07, 6.45) is 3.25. The van der Waals surface area contributed by atoms with Crippen molar-refractivity contribution < 1.29 is 9.13 Å². The Kier molecular flexibility index (Phi) is 5.79. The first-order valence-corrected chi connectivity index (χ1v) is 7.76. The number of rotatable bonds is 5. The lowest BCUT2D eigenvalue weighted by Gasteiger charge is -2.28. The zero-order valence-electron chi connectivity index (χ0n) is 11.3. The van der Waals surface area contributed by atoms with Gasteiger partial charge in [0.05, 0.1) is 4.47 Å². The number of ether oxygens (including phenoxy) is 1. The van der Waals surface area contributed by atoms with E-state index in [4.69, 9.17) is 4.74 Å². The molecule has 106 valence electrons. The fraction of sp³-hybridized carbons (Fsp3) is 0.600. The number of benzene rings is 1. The Labute approximate surface area is 122 Å². The molecule has 1 aromatic carbocycles. The van der Waals surface area contributed by atoms with Crippen LogP contribution in [0.5, 0.6) is 0 Å². The molecule has 1 fully saturated rings. The molecule has 0 spiro atoms. The van der Waals surface area contributed by atoms with E-state index in [1.54, 1.807) is 6.07 Å². The van der Waals surface area contributed by atoms with Crippen LogP contribution in [-0.2, 0) is 4.74 Å². The van der Waals surface area contributed by atoms with Gasteiger partial charge in [-0.2, -0.15) is 0 Å². The summed E-state index contributed by atoms with van der Waals surface area (Å²) >= 11 is 3.38. The van der Waals surface area contributed by atoms with Crippen molar-refractivity contribution in [3.63, 3.8) is 0 Å². The van der Waals surface area contributed by atoms with Gasteiger partial charge in [0.15, 0.2) is 0 Å². The van der Waals surface area contributed by atoms with Gasteiger partial charge in [0, 0.05) is 19.3 Å². The quantitative estimate of drug-likeness (QED) is 0.879. The molecule has 19 heavy (non-hydrogen) atoms. The van der Waals surface area contributed by atoms with E-state index in [2.05, 4.69) is 28.2 Å². The molecule has 1 atom stereocenters. The van der Waals surface area contributed by atoms with Crippen LogP contribution in [0.3, 0.4) is 0 Å². The molecule has 0 amide bonds. The molecule has 0 aliphatic carbocycles. The van der Waals surface area contributed by atoms with Crippen molar-refractivity contribution in [2.45, 2.75) is 32.2 Å². The number of hydrogen-bond acceptors (Lipinski definition) is 2. The van der Waals surface area contributed by atoms with Crippen molar-refractivity contribution in [2.75, 3.05) is 19.8 Å². The highest BCUT2D eigenvalue weighted by molar-refractivity contribution is 9.10. The summed E-state index contributed by atoms with van der Waals surface area (Å²) in [5.74, 6) is 0.473. The molecule has 4 heteroatoms. The Bertz CT molecular complexity index is 407. The van der Waals surface area contributed by atoms with Crippen molar-refractivity contribution in [3.8, 4) is 0 Å². The Balaban J connectivity index is 2.11. The third-order valence-electron chi connectivity index (χ3n) is 3.72. The zero-order chi connectivity index (χ0) is 13.7. The van der Waals surface area contributed by atoms with Crippen LogP contribution in [0.4, 0.5) is 4.39 Å². The molecule has 1 N–H and O–H groups in total. The molecule has 0 aromatic heterocycles. The average Bonchev–Trinajstić information content (AvgIpc) is 2.43. The normalized spacial score (nSPS) is 18.5. The van der Waals surface area contributed by atoms with Gasteiger partial charge in [0.25, 0.3) is 0 Å². The molecular weight excluding hydrogens is 309 g/mol. The fourth-order valence-electron chi connectivity index (χ4n) is 2.67. The molecule has 1 unspecified atom stereocenters. The summed E-state index contributed by atoms with van der Waals surface area (Å²) in [5, 5.41) is 3.48. The van der Waals surface area contributed by atoms with Crippen LogP contribution in [0.15, 0.2) is 22.7 Å². The monoisotopic (exact) mass is 329 g/mol. The molecule has 0 saturated carbocycles. The summed E-state index contributed by atoms with van der Waals surface area (Å²) in [5.41, 5.74) is 1.02. The highest BCUT2D eigenvalue weighted by Gasteiger charge is 2.22. The van der Waals surface area contributed by atoms with E-state index in [1.807, 2.05) is 6.07 Å². The zero-order valence-corrected chi connectivity index (χ0v) is 12.9. The van der Waals surface area contributed by atoms with Crippen molar-refractivity contribution >= 4 is 15.9 Å². The van der Waals surface area contributed by atoms with Gasteiger partial charge < -0.3 is 10.1 Å². The summed E-state index contributed by atoms with van der Waals surface area (Å²) in [7, 11) is 0. The fourth-order valence-corrected chi connectivity index (χ4v) is 3.21. The molecule has 2 nitrogen and oxygen atoms in total. The van der Waals surface area contributed by atoms with Crippen LogP contribution in [0.25, 0.3) is 0 Å². The van der Waals surface area contributed by atoms with Crippen LogP contribution < -0.4 is 5.32 Å². The summed E-state index contributed by atoms with van der Waals surface area (Å²) < 4.78 is 19.7. The van der Waals surface area contributed by atoms with Crippen LogP contribution in [0.1, 0.15) is 37.8 Å². The van der Waals surface area contributed by atoms with E-state index >= 15 is 0 Å². The minimum Gasteiger partial charge on any atom is -0.381 e. The second kappa shape index (κ2) is 7.36. The lowest BCUT2D eigenvalue weighted by Crippen LogP contribution is -2.26. The first kappa shape index (κ1) is 14.9. The third kappa shape index (κ3) is 4.01. The van der Waals surface area contributed by atoms with Crippen molar-refractivity contribution in [1.29, 1.82) is 0 Å². The second-order valence-electron chi connectivity index (χ2n) is 5.04. The maximum absolute atomic E-state index is 13.7. The highest BCUT2D eigenvalue weighted by Crippen LogP contribution is 2.32. The Morgan fingerprint density at radius 1 is 1.42 bits per heavy atom.